The normalized spacial score (nSPS) is 17.6. The molecular weight excluding hydrogens is 270 g/mol. The number of rotatable bonds is 2. The van der Waals surface area contributed by atoms with Gasteiger partial charge in [-0.25, -0.2) is 4.99 Å². The molecule has 0 saturated carbocycles. The van der Waals surface area contributed by atoms with E-state index in [0.29, 0.717) is 23.3 Å². The van der Waals surface area contributed by atoms with E-state index in [9.17, 15) is 4.79 Å². The molecular formula is C13H17N7O. The van der Waals surface area contributed by atoms with Gasteiger partial charge in [-0.1, -0.05) is 5.21 Å². The van der Waals surface area contributed by atoms with Gasteiger partial charge >= 0.3 is 0 Å². The molecule has 110 valence electrons. The number of nitrogens with one attached hydrogen (secondary N) is 1. The van der Waals surface area contributed by atoms with Gasteiger partial charge in [0.05, 0.1) is 17.5 Å². The molecule has 1 unspecified atom stereocenters. The average molecular weight is 287 g/mol. The fourth-order valence-electron chi connectivity index (χ4n) is 2.48. The maximum Gasteiger partial charge on any atom is 0.261 e. The van der Waals surface area contributed by atoms with Crippen LogP contribution in [0.1, 0.15) is 13.8 Å². The summed E-state index contributed by atoms with van der Waals surface area (Å²) in [4.78, 5) is 18.9. The number of aromatic nitrogens is 4. The average Bonchev–Trinajstić information content (AvgIpc) is 2.99. The monoisotopic (exact) mass is 287 g/mol. The second-order valence-electron chi connectivity index (χ2n) is 4.95. The van der Waals surface area contributed by atoms with Crippen LogP contribution in [0, 0.1) is 0 Å². The first-order valence-electron chi connectivity index (χ1n) is 6.72. The van der Waals surface area contributed by atoms with Gasteiger partial charge in [-0.2, -0.15) is 0 Å². The highest BCUT2D eigenvalue weighted by Gasteiger charge is 2.19. The van der Waals surface area contributed by atoms with Crippen molar-refractivity contribution in [1.82, 2.24) is 24.9 Å². The zero-order valence-electron chi connectivity index (χ0n) is 12.2. The van der Waals surface area contributed by atoms with Crippen molar-refractivity contribution in [3.63, 3.8) is 0 Å². The Morgan fingerprint density at radius 3 is 2.86 bits per heavy atom. The number of hydrogen-bond donors (Lipinski definition) is 2. The Labute approximate surface area is 120 Å². The molecule has 0 fully saturated rings. The molecule has 0 saturated heterocycles. The zero-order valence-corrected chi connectivity index (χ0v) is 12.2. The van der Waals surface area contributed by atoms with Crippen LogP contribution in [0.4, 0.5) is 0 Å². The molecule has 1 aliphatic rings. The summed E-state index contributed by atoms with van der Waals surface area (Å²) in [6.45, 7) is 4.39. The minimum absolute atomic E-state index is 0.129. The first kappa shape index (κ1) is 13.5. The van der Waals surface area contributed by atoms with E-state index < -0.39 is 6.29 Å². The second-order valence-corrected chi connectivity index (χ2v) is 4.95. The van der Waals surface area contributed by atoms with Crippen LogP contribution < -0.4 is 22.0 Å². The fraction of sp³-hybridized carbons (Fsp3) is 0.385. The van der Waals surface area contributed by atoms with Crippen LogP contribution in [0.15, 0.2) is 22.1 Å². The highest BCUT2D eigenvalue weighted by atomic mass is 16.1. The van der Waals surface area contributed by atoms with Crippen molar-refractivity contribution in [2.75, 3.05) is 7.05 Å². The molecule has 0 spiro atoms. The Bertz CT molecular complexity index is 850. The minimum atomic E-state index is -0.477. The molecule has 3 N–H and O–H groups in total. The molecule has 0 aliphatic carbocycles. The molecule has 3 rings (SSSR count). The second kappa shape index (κ2) is 4.81. The molecule has 2 aromatic heterocycles. The van der Waals surface area contributed by atoms with Crippen LogP contribution in [0.25, 0.3) is 17.0 Å². The van der Waals surface area contributed by atoms with Gasteiger partial charge in [0.1, 0.15) is 5.49 Å². The number of nitrogens with two attached hydrogens (primary N) is 1. The summed E-state index contributed by atoms with van der Waals surface area (Å²) < 4.78 is 1.63. The third-order valence-electron chi connectivity index (χ3n) is 3.85. The topological polar surface area (TPSA) is 105 Å². The van der Waals surface area contributed by atoms with Gasteiger partial charge in [-0.3, -0.25) is 20.2 Å². The van der Waals surface area contributed by atoms with Crippen LogP contribution in [0.3, 0.4) is 0 Å². The van der Waals surface area contributed by atoms with Crippen LogP contribution >= 0.6 is 0 Å². The maximum absolute atomic E-state index is 12.6. The van der Waals surface area contributed by atoms with E-state index in [2.05, 4.69) is 20.4 Å². The minimum Gasteiger partial charge on any atom is -0.344 e. The SMILES string of the molecule is CCn1c(=O)c(-c2cnn[nH]2)cc2c1=NC(N)N(C)C=2C. The van der Waals surface area contributed by atoms with E-state index in [1.165, 1.54) is 6.20 Å². The lowest BCUT2D eigenvalue weighted by atomic mass is 10.1. The first-order valence-corrected chi connectivity index (χ1v) is 6.72. The molecule has 8 nitrogen and oxygen atoms in total. The van der Waals surface area contributed by atoms with Crippen molar-refractivity contribution in [3.8, 4) is 11.3 Å². The number of H-pyrrole nitrogens is 1. The summed E-state index contributed by atoms with van der Waals surface area (Å²) in [5.41, 5.74) is 8.58. The Balaban J connectivity index is 2.46. The Morgan fingerprint density at radius 2 is 2.24 bits per heavy atom. The highest BCUT2D eigenvalue weighted by molar-refractivity contribution is 5.58. The Kier molecular flexibility index (Phi) is 3.09. The van der Waals surface area contributed by atoms with Gasteiger partial charge in [0.15, 0.2) is 6.29 Å². The summed E-state index contributed by atoms with van der Waals surface area (Å²) in [5, 5.41) is 11.0. The number of nitrogens with zero attached hydrogens (tertiary/aromatic N) is 5. The molecule has 0 amide bonds. The van der Waals surface area contributed by atoms with E-state index in [1.807, 2.05) is 31.9 Å². The van der Waals surface area contributed by atoms with Gasteiger partial charge in [0.2, 0.25) is 0 Å². The van der Waals surface area contributed by atoms with Gasteiger partial charge in [0, 0.05) is 24.5 Å². The summed E-state index contributed by atoms with van der Waals surface area (Å²) in [6, 6.07) is 1.82. The van der Waals surface area contributed by atoms with Crippen LogP contribution in [-0.2, 0) is 6.54 Å². The lowest BCUT2D eigenvalue weighted by molar-refractivity contribution is 0.341. The van der Waals surface area contributed by atoms with Crippen molar-refractivity contribution in [1.29, 1.82) is 0 Å². The molecule has 21 heavy (non-hydrogen) atoms. The van der Waals surface area contributed by atoms with E-state index >= 15 is 0 Å². The largest absolute Gasteiger partial charge is 0.344 e. The van der Waals surface area contributed by atoms with E-state index in [4.69, 9.17) is 5.73 Å². The lowest BCUT2D eigenvalue weighted by Crippen LogP contribution is -2.53. The molecule has 0 radical (unpaired) electrons. The van der Waals surface area contributed by atoms with Gasteiger partial charge < -0.3 is 4.90 Å². The fourth-order valence-corrected chi connectivity index (χ4v) is 2.48. The first-order chi connectivity index (χ1) is 10.0. The molecule has 1 aliphatic heterocycles. The van der Waals surface area contributed by atoms with Crippen molar-refractivity contribution in [3.05, 3.63) is 33.3 Å². The third-order valence-corrected chi connectivity index (χ3v) is 3.85. The number of pyridine rings is 1. The van der Waals surface area contributed by atoms with Crippen molar-refractivity contribution in [2.24, 2.45) is 10.7 Å². The summed E-state index contributed by atoms with van der Waals surface area (Å²) in [6.07, 6.45) is 1.06. The van der Waals surface area contributed by atoms with Gasteiger partial charge in [-0.15, -0.1) is 5.10 Å². The Hall–Kier alpha value is -2.48. The molecule has 1 atom stereocenters. The quantitative estimate of drug-likeness (QED) is 0.706. The third kappa shape index (κ3) is 1.95. The molecule has 8 heteroatoms. The molecule has 0 aromatic carbocycles. The smallest absolute Gasteiger partial charge is 0.261 e. The number of aromatic amines is 1. The number of fused-ring (bicyclic) bond motifs is 1. The molecule has 0 bridgehead atoms. The zero-order chi connectivity index (χ0) is 15.1. The van der Waals surface area contributed by atoms with E-state index in [0.717, 1.165) is 10.9 Å². The number of hydrogen-bond acceptors (Lipinski definition) is 6. The summed E-state index contributed by atoms with van der Waals surface area (Å²) >= 11 is 0. The molecule has 2 aromatic rings. The predicted molar refractivity (Wildman–Crippen MR) is 77.4 cm³/mol. The lowest BCUT2D eigenvalue weighted by Gasteiger charge is -2.28. The molecule has 3 heterocycles. The summed E-state index contributed by atoms with van der Waals surface area (Å²) in [7, 11) is 1.88. The highest BCUT2D eigenvalue weighted by Crippen LogP contribution is 2.09. The van der Waals surface area contributed by atoms with Crippen LogP contribution in [0.2, 0.25) is 0 Å². The van der Waals surface area contributed by atoms with Crippen LogP contribution in [0.5, 0.6) is 0 Å². The summed E-state index contributed by atoms with van der Waals surface area (Å²) in [5.74, 6) is 0. The van der Waals surface area contributed by atoms with Crippen molar-refractivity contribution in [2.45, 2.75) is 26.7 Å². The maximum atomic E-state index is 12.6. The van der Waals surface area contributed by atoms with Gasteiger partial charge in [0.25, 0.3) is 5.56 Å². The van der Waals surface area contributed by atoms with E-state index in [1.54, 1.807) is 4.57 Å². The standard InChI is InChI=1S/C13H17N7O/c1-4-20-11-8(7(2)19(3)13(14)16-11)5-9(12(20)21)10-6-15-18-17-10/h5-6,13H,4,14H2,1-3H3,(H,15,17,18). The van der Waals surface area contributed by atoms with E-state index in [-0.39, 0.29) is 5.56 Å². The van der Waals surface area contributed by atoms with Crippen LogP contribution in [-0.4, -0.2) is 38.2 Å². The Morgan fingerprint density at radius 1 is 1.48 bits per heavy atom. The van der Waals surface area contributed by atoms with Crippen molar-refractivity contribution >= 4 is 5.70 Å². The predicted octanol–water partition coefficient (Wildman–Crippen LogP) is -1.41. The van der Waals surface area contributed by atoms with Crippen molar-refractivity contribution < 1.29 is 0 Å². The van der Waals surface area contributed by atoms with Gasteiger partial charge in [-0.05, 0) is 19.9 Å².